The summed E-state index contributed by atoms with van der Waals surface area (Å²) in [5, 5.41) is 15.1. The number of hydrogen-bond acceptors (Lipinski definition) is 7. The Morgan fingerprint density at radius 2 is 1.91 bits per heavy atom. The van der Waals surface area contributed by atoms with Gasteiger partial charge >= 0.3 is 5.69 Å². The molecular weight excluding hydrogens is 406 g/mol. The standard InChI is InChI=1S/C24H27N5O3/c1-17-8-9-21(32-2)20(14-17)27-23-22(29(30)31)24(26-16-25-23)28-12-10-19(11-13-28)15-18-6-4-3-5-7-18/h3-9,14,16,19H,10-13,15H2,1-2H3,(H,25,26,27). The number of nitro groups is 1. The van der Waals surface area contributed by atoms with Gasteiger partial charge in [-0.15, -0.1) is 0 Å². The van der Waals surface area contributed by atoms with E-state index in [1.165, 1.54) is 11.9 Å². The van der Waals surface area contributed by atoms with Gasteiger partial charge in [0.05, 0.1) is 17.7 Å². The Kier molecular flexibility index (Phi) is 6.49. The first-order valence-corrected chi connectivity index (χ1v) is 10.7. The highest BCUT2D eigenvalue weighted by Gasteiger charge is 2.30. The molecule has 32 heavy (non-hydrogen) atoms. The van der Waals surface area contributed by atoms with E-state index >= 15 is 0 Å². The van der Waals surface area contributed by atoms with Crippen LogP contribution in [0.5, 0.6) is 5.75 Å². The monoisotopic (exact) mass is 433 g/mol. The third-order valence-electron chi connectivity index (χ3n) is 5.87. The number of anilines is 3. The van der Waals surface area contributed by atoms with Crippen molar-refractivity contribution in [3.63, 3.8) is 0 Å². The van der Waals surface area contributed by atoms with Gasteiger partial charge in [0.25, 0.3) is 0 Å². The molecule has 8 nitrogen and oxygen atoms in total. The van der Waals surface area contributed by atoms with E-state index in [2.05, 4.69) is 39.6 Å². The van der Waals surface area contributed by atoms with E-state index < -0.39 is 4.92 Å². The van der Waals surface area contributed by atoms with Crippen molar-refractivity contribution in [1.82, 2.24) is 9.97 Å². The van der Waals surface area contributed by atoms with E-state index in [4.69, 9.17) is 4.74 Å². The second-order valence-corrected chi connectivity index (χ2v) is 8.10. The fourth-order valence-electron chi connectivity index (χ4n) is 4.20. The van der Waals surface area contributed by atoms with Crippen LogP contribution in [0.25, 0.3) is 0 Å². The molecule has 0 aliphatic carbocycles. The van der Waals surface area contributed by atoms with Gasteiger partial charge in [0.15, 0.2) is 0 Å². The van der Waals surface area contributed by atoms with Crippen molar-refractivity contribution in [2.45, 2.75) is 26.2 Å². The van der Waals surface area contributed by atoms with Crippen molar-refractivity contribution in [3.8, 4) is 5.75 Å². The van der Waals surface area contributed by atoms with E-state index in [9.17, 15) is 10.1 Å². The lowest BCUT2D eigenvalue weighted by atomic mass is 9.90. The summed E-state index contributed by atoms with van der Waals surface area (Å²) in [6.45, 7) is 3.40. The number of nitrogens with zero attached hydrogens (tertiary/aromatic N) is 4. The molecule has 0 saturated carbocycles. The van der Waals surface area contributed by atoms with Crippen LogP contribution in [0.4, 0.5) is 23.0 Å². The molecule has 0 spiro atoms. The molecule has 1 aliphatic heterocycles. The van der Waals surface area contributed by atoms with Crippen LogP contribution in [0, 0.1) is 23.0 Å². The SMILES string of the molecule is COc1ccc(C)cc1Nc1ncnc(N2CCC(Cc3ccccc3)CC2)c1[N+](=O)[O-]. The molecule has 8 heteroatoms. The van der Waals surface area contributed by atoms with Crippen LogP contribution in [-0.4, -0.2) is 35.1 Å². The predicted molar refractivity (Wildman–Crippen MR) is 125 cm³/mol. The van der Waals surface area contributed by atoms with Crippen LogP contribution in [0.15, 0.2) is 54.9 Å². The van der Waals surface area contributed by atoms with Gasteiger partial charge in [-0.25, -0.2) is 9.97 Å². The summed E-state index contributed by atoms with van der Waals surface area (Å²) >= 11 is 0. The first kappa shape index (κ1) is 21.5. The first-order chi connectivity index (χ1) is 15.5. The molecule has 2 aromatic carbocycles. The van der Waals surface area contributed by atoms with Gasteiger partial charge in [0.1, 0.15) is 12.1 Å². The molecule has 0 bridgehead atoms. The zero-order chi connectivity index (χ0) is 22.5. The van der Waals surface area contributed by atoms with Gasteiger partial charge < -0.3 is 15.0 Å². The fraction of sp³-hybridized carbons (Fsp3) is 0.333. The van der Waals surface area contributed by atoms with Crippen molar-refractivity contribution in [2.24, 2.45) is 5.92 Å². The van der Waals surface area contributed by atoms with Crippen molar-refractivity contribution in [1.29, 1.82) is 0 Å². The van der Waals surface area contributed by atoms with E-state index in [0.29, 0.717) is 23.2 Å². The topological polar surface area (TPSA) is 93.4 Å². The van der Waals surface area contributed by atoms with Gasteiger partial charge in [-0.3, -0.25) is 10.1 Å². The second-order valence-electron chi connectivity index (χ2n) is 8.10. The van der Waals surface area contributed by atoms with E-state index in [0.717, 1.165) is 37.9 Å². The summed E-state index contributed by atoms with van der Waals surface area (Å²) in [5.41, 5.74) is 2.85. The normalized spacial score (nSPS) is 14.2. The Morgan fingerprint density at radius 1 is 1.16 bits per heavy atom. The molecule has 0 amide bonds. The zero-order valence-corrected chi connectivity index (χ0v) is 18.3. The highest BCUT2D eigenvalue weighted by Crippen LogP contribution is 2.37. The van der Waals surface area contributed by atoms with Gasteiger partial charge in [-0.1, -0.05) is 36.4 Å². The van der Waals surface area contributed by atoms with E-state index in [1.807, 2.05) is 36.1 Å². The van der Waals surface area contributed by atoms with E-state index in [1.54, 1.807) is 7.11 Å². The maximum Gasteiger partial charge on any atom is 0.353 e. The summed E-state index contributed by atoms with van der Waals surface area (Å²) in [7, 11) is 1.56. The maximum absolute atomic E-state index is 12.0. The molecule has 1 fully saturated rings. The molecular formula is C24H27N5O3. The molecule has 1 aromatic heterocycles. The smallest absolute Gasteiger partial charge is 0.353 e. The molecule has 4 rings (SSSR count). The number of nitrogens with one attached hydrogen (secondary N) is 1. The lowest BCUT2D eigenvalue weighted by Crippen LogP contribution is -2.35. The molecule has 0 radical (unpaired) electrons. The Labute approximate surface area is 187 Å². The van der Waals surface area contributed by atoms with Crippen LogP contribution < -0.4 is 15.0 Å². The Balaban J connectivity index is 1.54. The number of benzene rings is 2. The van der Waals surface area contributed by atoms with Gasteiger partial charge in [-0.05, 0) is 55.4 Å². The quantitative estimate of drug-likeness (QED) is 0.418. The maximum atomic E-state index is 12.0. The largest absolute Gasteiger partial charge is 0.495 e. The lowest BCUT2D eigenvalue weighted by Gasteiger charge is -2.32. The van der Waals surface area contributed by atoms with Gasteiger partial charge in [0, 0.05) is 13.1 Å². The average Bonchev–Trinajstić information content (AvgIpc) is 2.80. The van der Waals surface area contributed by atoms with Crippen LogP contribution in [0.3, 0.4) is 0 Å². The number of aromatic nitrogens is 2. The number of methoxy groups -OCH3 is 1. The molecule has 166 valence electrons. The molecule has 3 aromatic rings. The minimum atomic E-state index is -0.407. The number of ether oxygens (including phenoxy) is 1. The first-order valence-electron chi connectivity index (χ1n) is 10.7. The summed E-state index contributed by atoms with van der Waals surface area (Å²) in [4.78, 5) is 22.1. The van der Waals surface area contributed by atoms with Crippen molar-refractivity contribution >= 4 is 23.0 Å². The van der Waals surface area contributed by atoms with Crippen LogP contribution >= 0.6 is 0 Å². The molecule has 1 N–H and O–H groups in total. The highest BCUT2D eigenvalue weighted by molar-refractivity contribution is 5.76. The van der Waals surface area contributed by atoms with Gasteiger partial charge in [-0.2, -0.15) is 0 Å². The Bertz CT molecular complexity index is 1080. The number of aryl methyl sites for hydroxylation is 1. The highest BCUT2D eigenvalue weighted by atomic mass is 16.6. The third-order valence-corrected chi connectivity index (χ3v) is 5.87. The minimum absolute atomic E-state index is 0.113. The van der Waals surface area contributed by atoms with Gasteiger partial charge in [0.2, 0.25) is 11.6 Å². The lowest BCUT2D eigenvalue weighted by molar-refractivity contribution is -0.383. The number of piperidine rings is 1. The molecule has 1 aliphatic rings. The van der Waals surface area contributed by atoms with Crippen LogP contribution in [-0.2, 0) is 6.42 Å². The Morgan fingerprint density at radius 3 is 2.59 bits per heavy atom. The summed E-state index contributed by atoms with van der Waals surface area (Å²) in [6, 6.07) is 16.1. The Hall–Kier alpha value is -3.68. The average molecular weight is 434 g/mol. The van der Waals surface area contributed by atoms with Crippen molar-refractivity contribution < 1.29 is 9.66 Å². The minimum Gasteiger partial charge on any atom is -0.495 e. The molecule has 0 atom stereocenters. The van der Waals surface area contributed by atoms with Crippen LogP contribution in [0.1, 0.15) is 24.0 Å². The van der Waals surface area contributed by atoms with Crippen LogP contribution in [0.2, 0.25) is 0 Å². The summed E-state index contributed by atoms with van der Waals surface area (Å²) in [6.07, 6.45) is 4.33. The number of hydrogen-bond donors (Lipinski definition) is 1. The zero-order valence-electron chi connectivity index (χ0n) is 18.3. The summed E-state index contributed by atoms with van der Waals surface area (Å²) in [5.74, 6) is 1.67. The van der Waals surface area contributed by atoms with Crippen molar-refractivity contribution in [2.75, 3.05) is 30.4 Å². The number of rotatable bonds is 7. The summed E-state index contributed by atoms with van der Waals surface area (Å²) < 4.78 is 5.39. The van der Waals surface area contributed by atoms with Crippen molar-refractivity contribution in [3.05, 3.63) is 76.1 Å². The second kappa shape index (κ2) is 9.64. The molecule has 2 heterocycles. The fourth-order valence-corrected chi connectivity index (χ4v) is 4.20. The van der Waals surface area contributed by atoms with E-state index in [-0.39, 0.29) is 11.5 Å². The predicted octanol–water partition coefficient (Wildman–Crippen LogP) is 4.90. The third kappa shape index (κ3) is 4.80. The molecule has 0 unspecified atom stereocenters. The molecule has 1 saturated heterocycles.